The lowest BCUT2D eigenvalue weighted by molar-refractivity contribution is -0.385. The molecule has 2 aromatic rings. The van der Waals surface area contributed by atoms with E-state index >= 15 is 0 Å². The number of nitrogen functional groups attached to an aromatic ring is 1. The van der Waals surface area contributed by atoms with Crippen molar-refractivity contribution in [2.75, 3.05) is 18.9 Å². The number of nitro benzene ring substituents is 1. The lowest BCUT2D eigenvalue weighted by Gasteiger charge is -2.03. The van der Waals surface area contributed by atoms with E-state index < -0.39 is 10.9 Å². The lowest BCUT2D eigenvalue weighted by Crippen LogP contribution is -2.07. The number of carbonyl (C=O) groups is 2. The van der Waals surface area contributed by atoms with Crippen LogP contribution >= 0.6 is 0 Å². The molecule has 2 aromatic carbocycles. The quantitative estimate of drug-likeness (QED) is 0.294. The van der Waals surface area contributed by atoms with E-state index in [0.29, 0.717) is 23.4 Å². The third kappa shape index (κ3) is 8.13. The Morgan fingerprint density at radius 3 is 1.88 bits per heavy atom. The molecule has 0 radical (unpaired) electrons. The van der Waals surface area contributed by atoms with Gasteiger partial charge in [-0.15, -0.1) is 0 Å². The van der Waals surface area contributed by atoms with E-state index in [2.05, 4.69) is 0 Å². The molecule has 32 heavy (non-hydrogen) atoms. The van der Waals surface area contributed by atoms with Crippen LogP contribution in [0.3, 0.4) is 0 Å². The van der Waals surface area contributed by atoms with Crippen LogP contribution in [0.25, 0.3) is 0 Å². The Hall–Kier alpha value is -4.44. The van der Waals surface area contributed by atoms with Crippen LogP contribution in [0.2, 0.25) is 0 Å². The summed E-state index contributed by atoms with van der Waals surface area (Å²) in [5.41, 5.74) is 7.29. The Kier molecular flexibility index (Phi) is 10.4. The van der Waals surface area contributed by atoms with Gasteiger partial charge in [0.25, 0.3) is 5.69 Å². The first kappa shape index (κ1) is 25.6. The number of hydrogen-bond acceptors (Lipinski definition) is 9. The standard InChI is InChI=1S/C11H10N2O4.C11H12N2O2.H2/c1-2-17-11(14)6-8-3-4-10(13(15)16)9(5-8)7-12;1-2-15-11(14)6-8-3-4-10(13)9(5-8)7-12;/h3-5H,2,6H2,1H3;3-5H,2,6,13H2,1H3;1H. The molecule has 0 bridgehead atoms. The molecule has 0 saturated carbocycles. The molecular weight excluding hydrogens is 416 g/mol. The maximum Gasteiger partial charge on any atom is 0.310 e. The van der Waals surface area contributed by atoms with Crippen molar-refractivity contribution in [3.05, 3.63) is 68.8 Å². The fraction of sp³-hybridized carbons (Fsp3) is 0.273. The van der Waals surface area contributed by atoms with Gasteiger partial charge in [0, 0.05) is 13.2 Å². The summed E-state index contributed by atoms with van der Waals surface area (Å²) in [7, 11) is 0. The van der Waals surface area contributed by atoms with Crippen molar-refractivity contribution < 1.29 is 25.4 Å². The molecular formula is C22H24N4O6. The normalized spacial score (nSPS) is 9.38. The van der Waals surface area contributed by atoms with Crippen molar-refractivity contribution in [2.45, 2.75) is 26.7 Å². The summed E-state index contributed by atoms with van der Waals surface area (Å²) in [5, 5.41) is 28.1. The number of anilines is 1. The molecule has 10 heteroatoms. The molecule has 2 N–H and O–H groups in total. The van der Waals surface area contributed by atoms with Gasteiger partial charge < -0.3 is 15.2 Å². The van der Waals surface area contributed by atoms with E-state index in [1.807, 2.05) is 6.07 Å². The zero-order valence-corrected chi connectivity index (χ0v) is 17.7. The number of esters is 2. The lowest BCUT2D eigenvalue weighted by atomic mass is 10.1. The van der Waals surface area contributed by atoms with Crippen molar-refractivity contribution >= 4 is 23.3 Å². The molecule has 0 fully saturated rings. The summed E-state index contributed by atoms with van der Waals surface area (Å²) in [5.74, 6) is -0.726. The summed E-state index contributed by atoms with van der Waals surface area (Å²) >= 11 is 0. The van der Waals surface area contributed by atoms with Gasteiger partial charge in [0.2, 0.25) is 0 Å². The van der Waals surface area contributed by atoms with Gasteiger partial charge in [0.15, 0.2) is 0 Å². The molecule has 10 nitrogen and oxygen atoms in total. The number of nitrogens with two attached hydrogens (primary N) is 1. The number of nitrogens with zero attached hydrogens (tertiary/aromatic N) is 3. The van der Waals surface area contributed by atoms with Crippen LogP contribution in [0, 0.1) is 32.8 Å². The van der Waals surface area contributed by atoms with Gasteiger partial charge in [-0.2, -0.15) is 10.5 Å². The summed E-state index contributed by atoms with van der Waals surface area (Å²) in [6.45, 7) is 4.08. The maximum atomic E-state index is 11.2. The van der Waals surface area contributed by atoms with E-state index in [1.165, 1.54) is 18.2 Å². The molecule has 0 aliphatic carbocycles. The monoisotopic (exact) mass is 440 g/mol. The zero-order valence-electron chi connectivity index (χ0n) is 17.7. The number of rotatable bonds is 7. The average Bonchev–Trinajstić information content (AvgIpc) is 2.75. The maximum absolute atomic E-state index is 11.2. The van der Waals surface area contributed by atoms with E-state index in [1.54, 1.807) is 38.1 Å². The van der Waals surface area contributed by atoms with Gasteiger partial charge in [-0.25, -0.2) is 0 Å². The van der Waals surface area contributed by atoms with Gasteiger partial charge in [0.05, 0.1) is 36.5 Å². The molecule has 0 atom stereocenters. The minimum absolute atomic E-state index is 0. The highest BCUT2D eigenvalue weighted by Crippen LogP contribution is 2.19. The van der Waals surface area contributed by atoms with Crippen molar-refractivity contribution in [3.63, 3.8) is 0 Å². The van der Waals surface area contributed by atoms with Crippen molar-refractivity contribution in [1.82, 2.24) is 0 Å². The van der Waals surface area contributed by atoms with Gasteiger partial charge in [-0.3, -0.25) is 19.7 Å². The van der Waals surface area contributed by atoms with Crippen LogP contribution in [-0.4, -0.2) is 30.1 Å². The van der Waals surface area contributed by atoms with Crippen molar-refractivity contribution in [2.24, 2.45) is 0 Å². The molecule has 0 aliphatic heterocycles. The predicted molar refractivity (Wildman–Crippen MR) is 116 cm³/mol. The SMILES string of the molecule is CCOC(=O)Cc1ccc(N)c(C#N)c1.CCOC(=O)Cc1ccc([N+](=O)[O-])c(C#N)c1.[HH]. The molecule has 0 spiro atoms. The van der Waals surface area contributed by atoms with Crippen LogP contribution in [0.15, 0.2) is 36.4 Å². The summed E-state index contributed by atoms with van der Waals surface area (Å²) < 4.78 is 9.54. The second-order valence-electron chi connectivity index (χ2n) is 6.22. The van der Waals surface area contributed by atoms with E-state index in [-0.39, 0.29) is 38.1 Å². The van der Waals surface area contributed by atoms with Crippen LogP contribution in [0.5, 0.6) is 0 Å². The average molecular weight is 440 g/mol. The number of ether oxygens (including phenoxy) is 2. The largest absolute Gasteiger partial charge is 0.466 e. The highest BCUT2D eigenvalue weighted by atomic mass is 16.6. The summed E-state index contributed by atoms with van der Waals surface area (Å²) in [6.07, 6.45) is 0.170. The minimum Gasteiger partial charge on any atom is -0.466 e. The first-order chi connectivity index (χ1) is 15.2. The molecule has 2 rings (SSSR count). The predicted octanol–water partition coefficient (Wildman–Crippen LogP) is 3.06. The molecule has 0 heterocycles. The minimum atomic E-state index is -0.632. The fourth-order valence-corrected chi connectivity index (χ4v) is 2.51. The number of nitriles is 2. The van der Waals surface area contributed by atoms with Crippen LogP contribution in [0.4, 0.5) is 11.4 Å². The first-order valence-corrected chi connectivity index (χ1v) is 9.52. The Morgan fingerprint density at radius 2 is 1.44 bits per heavy atom. The number of benzene rings is 2. The van der Waals surface area contributed by atoms with Crippen molar-refractivity contribution in [1.29, 1.82) is 10.5 Å². The molecule has 0 unspecified atom stereocenters. The highest BCUT2D eigenvalue weighted by Gasteiger charge is 2.15. The second kappa shape index (κ2) is 13.0. The summed E-state index contributed by atoms with van der Waals surface area (Å²) in [4.78, 5) is 32.3. The van der Waals surface area contributed by atoms with E-state index in [9.17, 15) is 19.7 Å². The van der Waals surface area contributed by atoms with Gasteiger partial charge in [0.1, 0.15) is 17.7 Å². The van der Waals surface area contributed by atoms with Gasteiger partial charge >= 0.3 is 11.9 Å². The third-order valence-corrected chi connectivity index (χ3v) is 3.92. The van der Waals surface area contributed by atoms with Crippen LogP contribution in [-0.2, 0) is 31.9 Å². The number of hydrogen-bond donors (Lipinski definition) is 1. The number of carbonyl (C=O) groups excluding carboxylic acids is 2. The van der Waals surface area contributed by atoms with E-state index in [4.69, 9.17) is 25.7 Å². The molecule has 0 aromatic heterocycles. The molecule has 0 amide bonds. The topological polar surface area (TPSA) is 169 Å². The Bertz CT molecular complexity index is 1080. The third-order valence-electron chi connectivity index (χ3n) is 3.92. The van der Waals surface area contributed by atoms with Gasteiger partial charge in [-0.05, 0) is 43.2 Å². The van der Waals surface area contributed by atoms with Crippen LogP contribution in [0.1, 0.15) is 37.5 Å². The Labute approximate surface area is 186 Å². The smallest absolute Gasteiger partial charge is 0.310 e. The molecule has 0 aliphatic rings. The van der Waals surface area contributed by atoms with E-state index in [0.717, 1.165) is 5.56 Å². The Morgan fingerprint density at radius 1 is 0.969 bits per heavy atom. The van der Waals surface area contributed by atoms with Crippen LogP contribution < -0.4 is 5.73 Å². The first-order valence-electron chi connectivity index (χ1n) is 9.52. The zero-order chi connectivity index (χ0) is 24.1. The second-order valence-corrected chi connectivity index (χ2v) is 6.22. The van der Waals surface area contributed by atoms with Crippen molar-refractivity contribution in [3.8, 4) is 12.1 Å². The number of nitro groups is 1. The highest BCUT2D eigenvalue weighted by molar-refractivity contribution is 5.73. The Balaban J connectivity index is 0.000000607. The summed E-state index contributed by atoms with van der Waals surface area (Å²) in [6, 6.07) is 12.6. The van der Waals surface area contributed by atoms with Gasteiger partial charge in [-0.1, -0.05) is 12.1 Å². The molecule has 168 valence electrons. The fourth-order valence-electron chi connectivity index (χ4n) is 2.51. The molecule has 0 saturated heterocycles.